The predicted octanol–water partition coefficient (Wildman–Crippen LogP) is 6.46. The molecule has 0 amide bonds. The minimum atomic E-state index is -2.90. The van der Waals surface area contributed by atoms with Crippen LogP contribution >= 0.6 is 15.9 Å². The van der Waals surface area contributed by atoms with Crippen LogP contribution in [0, 0.1) is 0 Å². The number of ether oxygens (including phenoxy) is 1. The van der Waals surface area contributed by atoms with E-state index in [0.29, 0.717) is 17.2 Å². The third-order valence-corrected chi connectivity index (χ3v) is 5.58. The fraction of sp³-hybridized carbons (Fsp3) is 0.0870. The molecule has 150 valence electrons. The molecule has 7 heteroatoms. The number of alkyl halides is 2. The Hall–Kier alpha value is -3.19. The Morgan fingerprint density at radius 2 is 1.70 bits per heavy atom. The van der Waals surface area contributed by atoms with Crippen LogP contribution in [-0.4, -0.2) is 16.2 Å². The molecule has 4 nitrogen and oxygen atoms in total. The second-order valence-corrected chi connectivity index (χ2v) is 7.79. The van der Waals surface area contributed by atoms with E-state index in [4.69, 9.17) is 9.72 Å². The molecule has 1 aliphatic heterocycles. The number of allylic oxidation sites excluding steroid dienone is 1. The van der Waals surface area contributed by atoms with Gasteiger partial charge in [0.1, 0.15) is 5.75 Å². The van der Waals surface area contributed by atoms with Crippen molar-refractivity contribution in [1.82, 2.24) is 9.55 Å². The molecule has 1 atom stereocenters. The van der Waals surface area contributed by atoms with Gasteiger partial charge in [-0.05, 0) is 48.0 Å². The van der Waals surface area contributed by atoms with Crippen molar-refractivity contribution in [3.8, 4) is 5.75 Å². The van der Waals surface area contributed by atoms with Crippen molar-refractivity contribution in [2.24, 2.45) is 0 Å². The first-order valence-corrected chi connectivity index (χ1v) is 10.1. The molecular formula is C23H16BrF2N3O. The van der Waals surface area contributed by atoms with Gasteiger partial charge in [0.25, 0.3) is 0 Å². The summed E-state index contributed by atoms with van der Waals surface area (Å²) in [6.45, 7) is -2.90. The van der Waals surface area contributed by atoms with Gasteiger partial charge in [0.15, 0.2) is 0 Å². The fourth-order valence-electron chi connectivity index (χ4n) is 3.76. The highest BCUT2D eigenvalue weighted by molar-refractivity contribution is 9.10. The van der Waals surface area contributed by atoms with Crippen LogP contribution < -0.4 is 10.1 Å². The summed E-state index contributed by atoms with van der Waals surface area (Å²) >= 11 is 3.48. The third kappa shape index (κ3) is 3.35. The summed E-state index contributed by atoms with van der Waals surface area (Å²) in [7, 11) is 0. The number of nitrogens with one attached hydrogen (secondary N) is 1. The molecule has 0 spiro atoms. The van der Waals surface area contributed by atoms with E-state index in [9.17, 15) is 8.78 Å². The zero-order valence-electron chi connectivity index (χ0n) is 15.6. The molecular weight excluding hydrogens is 452 g/mol. The van der Waals surface area contributed by atoms with Crippen LogP contribution in [-0.2, 0) is 0 Å². The standard InChI is InChI=1S/C23H16BrF2N3O/c24-15-11-9-14(10-12-15)20-13-18(16-5-1-4-8-21(16)30-22(25)26)28-23-27-17-6-2-3-7-19(17)29(20)23/h1-13,20,22H,(H,27,28)/t20-/m0/s1. The van der Waals surface area contributed by atoms with Crippen LogP contribution in [0.3, 0.4) is 0 Å². The number of rotatable bonds is 4. The van der Waals surface area contributed by atoms with Crippen LogP contribution in [0.15, 0.2) is 83.3 Å². The lowest BCUT2D eigenvalue weighted by molar-refractivity contribution is -0.0500. The highest BCUT2D eigenvalue weighted by atomic mass is 79.9. The Bertz CT molecular complexity index is 1250. The zero-order chi connectivity index (χ0) is 20.7. The van der Waals surface area contributed by atoms with Gasteiger partial charge >= 0.3 is 6.61 Å². The lowest BCUT2D eigenvalue weighted by Crippen LogP contribution is -2.19. The number of anilines is 1. The second kappa shape index (κ2) is 7.57. The monoisotopic (exact) mass is 467 g/mol. The summed E-state index contributed by atoms with van der Waals surface area (Å²) < 4.78 is 33.7. The number of nitrogens with zero attached hydrogens (tertiary/aromatic N) is 2. The van der Waals surface area contributed by atoms with Crippen LogP contribution in [0.4, 0.5) is 14.7 Å². The summed E-state index contributed by atoms with van der Waals surface area (Å²) in [5.74, 6) is 0.763. The van der Waals surface area contributed by atoms with Crippen molar-refractivity contribution in [3.63, 3.8) is 0 Å². The smallest absolute Gasteiger partial charge is 0.387 e. The number of halogens is 3. The van der Waals surface area contributed by atoms with Gasteiger partial charge in [-0.3, -0.25) is 4.57 Å². The van der Waals surface area contributed by atoms with Gasteiger partial charge in [0.05, 0.1) is 22.8 Å². The van der Waals surface area contributed by atoms with E-state index < -0.39 is 6.61 Å². The number of hydrogen-bond donors (Lipinski definition) is 1. The Morgan fingerprint density at radius 3 is 2.50 bits per heavy atom. The highest BCUT2D eigenvalue weighted by Gasteiger charge is 2.26. The maximum Gasteiger partial charge on any atom is 0.387 e. The third-order valence-electron chi connectivity index (χ3n) is 5.05. The second-order valence-electron chi connectivity index (χ2n) is 6.87. The number of hydrogen-bond acceptors (Lipinski definition) is 3. The molecule has 3 aromatic carbocycles. The van der Waals surface area contributed by atoms with Gasteiger partial charge in [-0.2, -0.15) is 8.78 Å². The van der Waals surface area contributed by atoms with Gasteiger partial charge < -0.3 is 10.1 Å². The van der Waals surface area contributed by atoms with E-state index in [1.807, 2.05) is 54.6 Å². The maximum absolute atomic E-state index is 12.9. The van der Waals surface area contributed by atoms with Gasteiger partial charge in [-0.15, -0.1) is 0 Å². The summed E-state index contributed by atoms with van der Waals surface area (Å²) in [6, 6.07) is 22.5. The van der Waals surface area contributed by atoms with E-state index in [-0.39, 0.29) is 11.8 Å². The van der Waals surface area contributed by atoms with Crippen LogP contribution in [0.25, 0.3) is 16.7 Å². The quantitative estimate of drug-likeness (QED) is 0.374. The molecule has 2 heterocycles. The van der Waals surface area contributed by atoms with E-state index in [0.717, 1.165) is 21.1 Å². The van der Waals surface area contributed by atoms with E-state index in [1.54, 1.807) is 18.2 Å². The summed E-state index contributed by atoms with van der Waals surface area (Å²) in [5.41, 5.74) is 4.11. The van der Waals surface area contributed by atoms with Crippen LogP contribution in [0.2, 0.25) is 0 Å². The lowest BCUT2D eigenvalue weighted by Gasteiger charge is -2.27. The minimum absolute atomic E-state index is 0.116. The molecule has 0 saturated carbocycles. The van der Waals surface area contributed by atoms with Crippen molar-refractivity contribution in [2.45, 2.75) is 12.7 Å². The van der Waals surface area contributed by atoms with Gasteiger partial charge in [-0.25, -0.2) is 4.98 Å². The van der Waals surface area contributed by atoms with Crippen molar-refractivity contribution in [2.75, 3.05) is 5.32 Å². The largest absolute Gasteiger partial charge is 0.434 e. The molecule has 0 bridgehead atoms. The Morgan fingerprint density at radius 1 is 0.967 bits per heavy atom. The van der Waals surface area contributed by atoms with E-state index >= 15 is 0 Å². The average molecular weight is 468 g/mol. The summed E-state index contributed by atoms with van der Waals surface area (Å²) in [6.07, 6.45) is 2.01. The number of benzene rings is 3. The molecule has 5 rings (SSSR count). The van der Waals surface area contributed by atoms with Crippen molar-refractivity contribution >= 4 is 38.6 Å². The van der Waals surface area contributed by atoms with E-state index in [2.05, 4.69) is 25.8 Å². The molecule has 1 aromatic heterocycles. The Labute approximate surface area is 179 Å². The van der Waals surface area contributed by atoms with E-state index in [1.165, 1.54) is 6.07 Å². The SMILES string of the molecule is FC(F)Oc1ccccc1C1=C[C@@H](c2ccc(Br)cc2)n2c(nc3ccccc32)N1. The van der Waals surface area contributed by atoms with Gasteiger partial charge in [0.2, 0.25) is 5.95 Å². The molecule has 0 unspecified atom stereocenters. The first kappa shape index (κ1) is 18.8. The van der Waals surface area contributed by atoms with Gasteiger partial charge in [0, 0.05) is 10.0 Å². The Kier molecular flexibility index (Phi) is 4.75. The molecule has 0 radical (unpaired) electrons. The first-order valence-electron chi connectivity index (χ1n) is 9.35. The molecule has 4 aromatic rings. The van der Waals surface area contributed by atoms with Crippen LogP contribution in [0.1, 0.15) is 17.2 Å². The number of fused-ring (bicyclic) bond motifs is 3. The number of imidazole rings is 1. The lowest BCUT2D eigenvalue weighted by atomic mass is 10.0. The van der Waals surface area contributed by atoms with Crippen molar-refractivity contribution in [1.29, 1.82) is 0 Å². The van der Waals surface area contributed by atoms with Crippen LogP contribution in [0.5, 0.6) is 5.75 Å². The first-order chi connectivity index (χ1) is 14.6. The molecule has 1 N–H and O–H groups in total. The van der Waals surface area contributed by atoms with Gasteiger partial charge in [-0.1, -0.05) is 52.3 Å². The molecule has 1 aliphatic rings. The maximum atomic E-state index is 12.9. The Balaban J connectivity index is 1.69. The minimum Gasteiger partial charge on any atom is -0.434 e. The number of para-hydroxylation sites is 3. The zero-order valence-corrected chi connectivity index (χ0v) is 17.2. The normalized spacial score (nSPS) is 15.6. The topological polar surface area (TPSA) is 39.1 Å². The highest BCUT2D eigenvalue weighted by Crippen LogP contribution is 2.39. The predicted molar refractivity (Wildman–Crippen MR) is 117 cm³/mol. The van der Waals surface area contributed by atoms with Crippen molar-refractivity contribution in [3.05, 3.63) is 94.5 Å². The summed E-state index contributed by atoms with van der Waals surface area (Å²) in [5, 5.41) is 3.31. The molecule has 0 aliphatic carbocycles. The molecule has 30 heavy (non-hydrogen) atoms. The summed E-state index contributed by atoms with van der Waals surface area (Å²) in [4.78, 5) is 4.73. The molecule has 0 saturated heterocycles. The number of aromatic nitrogens is 2. The fourth-order valence-corrected chi connectivity index (χ4v) is 4.02. The average Bonchev–Trinajstić information content (AvgIpc) is 3.12. The van der Waals surface area contributed by atoms with Crippen molar-refractivity contribution < 1.29 is 13.5 Å². The molecule has 0 fully saturated rings.